The number of amides is 1. The van der Waals surface area contributed by atoms with Crippen LogP contribution in [-0.4, -0.2) is 13.0 Å². The quantitative estimate of drug-likeness (QED) is 0.936. The minimum atomic E-state index is -0.518. The molecule has 0 aliphatic rings. The van der Waals surface area contributed by atoms with Crippen LogP contribution in [0.4, 0.5) is 8.78 Å². The molecule has 1 atom stereocenters. The summed E-state index contributed by atoms with van der Waals surface area (Å²) in [5.74, 6) is -1.03. The molecule has 21 heavy (non-hydrogen) atoms. The van der Waals surface area contributed by atoms with Gasteiger partial charge in [-0.3, -0.25) is 4.79 Å². The van der Waals surface area contributed by atoms with Crippen LogP contribution in [0, 0.1) is 11.6 Å². The second-order valence-electron chi connectivity index (χ2n) is 4.59. The highest BCUT2D eigenvalue weighted by Crippen LogP contribution is 2.21. The van der Waals surface area contributed by atoms with Crippen molar-refractivity contribution in [3.05, 3.63) is 65.2 Å². The van der Waals surface area contributed by atoms with Crippen molar-refractivity contribution in [2.45, 2.75) is 13.0 Å². The molecule has 0 aromatic heterocycles. The topological polar surface area (TPSA) is 38.3 Å². The summed E-state index contributed by atoms with van der Waals surface area (Å²) in [5, 5.41) is 2.73. The number of methoxy groups -OCH3 is 1. The van der Waals surface area contributed by atoms with Crippen molar-refractivity contribution in [3.8, 4) is 5.75 Å². The summed E-state index contributed by atoms with van der Waals surface area (Å²) in [6, 6.07) is 9.21. The van der Waals surface area contributed by atoms with Gasteiger partial charge < -0.3 is 10.1 Å². The molecule has 5 heteroatoms. The second-order valence-corrected chi connectivity index (χ2v) is 4.59. The molecule has 0 saturated heterocycles. The monoisotopic (exact) mass is 291 g/mol. The van der Waals surface area contributed by atoms with Gasteiger partial charge in [-0.1, -0.05) is 12.1 Å². The van der Waals surface area contributed by atoms with E-state index in [1.807, 2.05) is 0 Å². The van der Waals surface area contributed by atoms with E-state index in [1.165, 1.54) is 31.4 Å². The van der Waals surface area contributed by atoms with Crippen molar-refractivity contribution >= 4 is 5.91 Å². The van der Waals surface area contributed by atoms with Gasteiger partial charge in [0.15, 0.2) is 0 Å². The van der Waals surface area contributed by atoms with Crippen molar-refractivity contribution in [2.75, 3.05) is 7.11 Å². The number of carbonyl (C=O) groups excluding carboxylic acids is 1. The van der Waals surface area contributed by atoms with Crippen LogP contribution in [0.25, 0.3) is 0 Å². The van der Waals surface area contributed by atoms with Crippen LogP contribution in [0.5, 0.6) is 5.75 Å². The summed E-state index contributed by atoms with van der Waals surface area (Å²) in [5.41, 5.74) is 0.867. The minimum absolute atomic E-state index is 0.117. The number of ether oxygens (including phenoxy) is 1. The molecule has 0 spiro atoms. The molecule has 0 aliphatic heterocycles. The summed E-state index contributed by atoms with van der Waals surface area (Å²) < 4.78 is 31.2. The summed E-state index contributed by atoms with van der Waals surface area (Å²) >= 11 is 0. The molecule has 2 aromatic rings. The van der Waals surface area contributed by atoms with E-state index in [2.05, 4.69) is 5.32 Å². The van der Waals surface area contributed by atoms with Crippen molar-refractivity contribution < 1.29 is 18.3 Å². The minimum Gasteiger partial charge on any atom is -0.496 e. The average Bonchev–Trinajstić information content (AvgIpc) is 2.47. The molecule has 0 radical (unpaired) electrons. The molecule has 0 heterocycles. The molecular formula is C16H15F2NO2. The number of halogens is 2. The van der Waals surface area contributed by atoms with Gasteiger partial charge >= 0.3 is 0 Å². The third kappa shape index (κ3) is 3.56. The molecule has 110 valence electrons. The molecule has 1 N–H and O–H groups in total. The van der Waals surface area contributed by atoms with Gasteiger partial charge in [0.25, 0.3) is 5.91 Å². The SMILES string of the molecule is COc1ccc(F)cc1C(=O)NC(C)c1ccc(F)cc1. The fraction of sp³-hybridized carbons (Fsp3) is 0.188. The highest BCUT2D eigenvalue weighted by atomic mass is 19.1. The fourth-order valence-electron chi connectivity index (χ4n) is 1.97. The van der Waals surface area contributed by atoms with Crippen LogP contribution in [-0.2, 0) is 0 Å². The molecule has 1 unspecified atom stereocenters. The molecule has 0 fully saturated rings. The van der Waals surface area contributed by atoms with Crippen LogP contribution >= 0.6 is 0 Å². The Hall–Kier alpha value is -2.43. The maximum absolute atomic E-state index is 13.3. The van der Waals surface area contributed by atoms with E-state index in [0.29, 0.717) is 5.75 Å². The van der Waals surface area contributed by atoms with Crippen molar-refractivity contribution in [1.82, 2.24) is 5.32 Å². The maximum Gasteiger partial charge on any atom is 0.255 e. The summed E-state index contributed by atoms with van der Waals surface area (Å²) in [4.78, 5) is 12.2. The lowest BCUT2D eigenvalue weighted by molar-refractivity contribution is 0.0936. The molecular weight excluding hydrogens is 276 g/mol. The highest BCUT2D eigenvalue weighted by molar-refractivity contribution is 5.97. The number of benzene rings is 2. The molecule has 3 nitrogen and oxygen atoms in total. The van der Waals surface area contributed by atoms with Gasteiger partial charge in [-0.05, 0) is 42.8 Å². The first-order valence-electron chi connectivity index (χ1n) is 6.41. The normalized spacial score (nSPS) is 11.8. The van der Waals surface area contributed by atoms with E-state index >= 15 is 0 Å². The van der Waals surface area contributed by atoms with E-state index in [-0.39, 0.29) is 17.4 Å². The third-order valence-electron chi connectivity index (χ3n) is 3.12. The van der Waals surface area contributed by atoms with Crippen LogP contribution in [0.1, 0.15) is 28.9 Å². The van der Waals surface area contributed by atoms with Crippen LogP contribution in [0.2, 0.25) is 0 Å². The molecule has 2 rings (SSSR count). The Morgan fingerprint density at radius 3 is 2.33 bits per heavy atom. The first kappa shape index (κ1) is 15.0. The Bertz CT molecular complexity index is 641. The number of hydrogen-bond donors (Lipinski definition) is 1. The Kier molecular flexibility index (Phi) is 4.52. The summed E-state index contributed by atoms with van der Waals surface area (Å²) in [7, 11) is 1.41. The zero-order chi connectivity index (χ0) is 15.4. The molecule has 2 aromatic carbocycles. The zero-order valence-corrected chi connectivity index (χ0v) is 11.7. The lowest BCUT2D eigenvalue weighted by Gasteiger charge is -2.15. The summed E-state index contributed by atoms with van der Waals surface area (Å²) in [6.07, 6.45) is 0. The lowest BCUT2D eigenvalue weighted by Crippen LogP contribution is -2.27. The largest absolute Gasteiger partial charge is 0.496 e. The molecule has 1 amide bonds. The standard InChI is InChI=1S/C16H15F2NO2/c1-10(11-3-5-12(17)6-4-11)19-16(20)14-9-13(18)7-8-15(14)21-2/h3-10H,1-2H3,(H,19,20). The van der Waals surface area contributed by atoms with Crippen LogP contribution in [0.3, 0.4) is 0 Å². The van der Waals surface area contributed by atoms with E-state index in [4.69, 9.17) is 4.74 Å². The lowest BCUT2D eigenvalue weighted by atomic mass is 10.1. The predicted molar refractivity (Wildman–Crippen MR) is 75.2 cm³/mol. The predicted octanol–water partition coefficient (Wildman–Crippen LogP) is 3.46. The molecule has 0 aliphatic carbocycles. The first-order valence-corrected chi connectivity index (χ1v) is 6.41. The van der Waals surface area contributed by atoms with Crippen molar-refractivity contribution in [1.29, 1.82) is 0 Å². The van der Waals surface area contributed by atoms with E-state index in [1.54, 1.807) is 19.1 Å². The van der Waals surface area contributed by atoms with Gasteiger partial charge in [0.05, 0.1) is 18.7 Å². The number of nitrogens with one attached hydrogen (secondary N) is 1. The maximum atomic E-state index is 13.3. The summed E-state index contributed by atoms with van der Waals surface area (Å²) in [6.45, 7) is 1.76. The fourth-order valence-corrected chi connectivity index (χ4v) is 1.97. The number of rotatable bonds is 4. The first-order chi connectivity index (χ1) is 10.0. The number of carbonyl (C=O) groups is 1. The zero-order valence-electron chi connectivity index (χ0n) is 11.7. The number of hydrogen-bond acceptors (Lipinski definition) is 2. The van der Waals surface area contributed by atoms with E-state index in [0.717, 1.165) is 11.6 Å². The van der Waals surface area contributed by atoms with Gasteiger partial charge in [-0.15, -0.1) is 0 Å². The highest BCUT2D eigenvalue weighted by Gasteiger charge is 2.16. The van der Waals surface area contributed by atoms with Gasteiger partial charge in [0, 0.05) is 0 Å². The Morgan fingerprint density at radius 1 is 1.10 bits per heavy atom. The van der Waals surface area contributed by atoms with E-state index < -0.39 is 11.7 Å². The van der Waals surface area contributed by atoms with Crippen molar-refractivity contribution in [2.24, 2.45) is 0 Å². The van der Waals surface area contributed by atoms with Gasteiger partial charge in [0.2, 0.25) is 0 Å². The second kappa shape index (κ2) is 6.35. The third-order valence-corrected chi connectivity index (χ3v) is 3.12. The van der Waals surface area contributed by atoms with Gasteiger partial charge in [0.1, 0.15) is 17.4 Å². The Morgan fingerprint density at radius 2 is 1.71 bits per heavy atom. The smallest absolute Gasteiger partial charge is 0.255 e. The Labute approximate surface area is 121 Å². The molecule has 0 saturated carbocycles. The van der Waals surface area contributed by atoms with Crippen molar-refractivity contribution in [3.63, 3.8) is 0 Å². The van der Waals surface area contributed by atoms with Crippen LogP contribution in [0.15, 0.2) is 42.5 Å². The van der Waals surface area contributed by atoms with Gasteiger partial charge in [-0.25, -0.2) is 8.78 Å². The Balaban J connectivity index is 2.17. The van der Waals surface area contributed by atoms with Gasteiger partial charge in [-0.2, -0.15) is 0 Å². The van der Waals surface area contributed by atoms with Crippen LogP contribution < -0.4 is 10.1 Å². The average molecular weight is 291 g/mol. The van der Waals surface area contributed by atoms with E-state index in [9.17, 15) is 13.6 Å². The molecule has 0 bridgehead atoms.